The number of Topliss-reactive ketones (excluding diaryl/α,β-unsaturated/α-hetero) is 1. The van der Waals surface area contributed by atoms with Crippen molar-refractivity contribution in [3.05, 3.63) is 52.0 Å². The van der Waals surface area contributed by atoms with Crippen molar-refractivity contribution in [2.75, 3.05) is 0 Å². The van der Waals surface area contributed by atoms with E-state index in [4.69, 9.17) is 0 Å². The molecule has 0 amide bonds. The van der Waals surface area contributed by atoms with Crippen LogP contribution in [0, 0.1) is 5.82 Å². The number of aryl methyl sites for hydroxylation is 1. The van der Waals surface area contributed by atoms with Crippen LogP contribution in [0.5, 0.6) is 0 Å². The van der Waals surface area contributed by atoms with Crippen LogP contribution in [0.15, 0.2) is 29.1 Å². The highest BCUT2D eigenvalue weighted by Crippen LogP contribution is 2.11. The van der Waals surface area contributed by atoms with E-state index in [0.29, 0.717) is 12.4 Å². The van der Waals surface area contributed by atoms with Crippen LogP contribution >= 0.6 is 0 Å². The first-order valence-electron chi connectivity index (χ1n) is 6.61. The first kappa shape index (κ1) is 12.8. The normalized spacial score (nSPS) is 14.1. The number of carbonyl (C=O) groups excluding carboxylic acids is 1. The maximum atomic E-state index is 13.5. The first-order chi connectivity index (χ1) is 9.66. The van der Waals surface area contributed by atoms with Crippen LogP contribution < -0.4 is 5.69 Å². The van der Waals surface area contributed by atoms with E-state index in [1.165, 1.54) is 18.2 Å². The molecule has 0 saturated heterocycles. The Labute approximate surface area is 114 Å². The molecule has 1 aromatic carbocycles. The van der Waals surface area contributed by atoms with Gasteiger partial charge >= 0.3 is 5.69 Å². The summed E-state index contributed by atoms with van der Waals surface area (Å²) < 4.78 is 16.3. The Morgan fingerprint density at radius 3 is 2.85 bits per heavy atom. The van der Waals surface area contributed by atoms with Crippen LogP contribution in [0.3, 0.4) is 0 Å². The largest absolute Gasteiger partial charge is 0.346 e. The summed E-state index contributed by atoms with van der Waals surface area (Å²) in [4.78, 5) is 24.1. The molecule has 5 nitrogen and oxygen atoms in total. The minimum Gasteiger partial charge on any atom is -0.292 e. The lowest BCUT2D eigenvalue weighted by molar-refractivity contribution is 0.0962. The van der Waals surface area contributed by atoms with Gasteiger partial charge in [-0.1, -0.05) is 12.1 Å². The van der Waals surface area contributed by atoms with Crippen molar-refractivity contribution in [2.45, 2.75) is 32.4 Å². The molecule has 1 aliphatic rings. The maximum Gasteiger partial charge on any atom is 0.346 e. The molecular weight excluding hydrogens is 261 g/mol. The number of rotatable bonds is 3. The van der Waals surface area contributed by atoms with Crippen molar-refractivity contribution < 1.29 is 9.18 Å². The van der Waals surface area contributed by atoms with Gasteiger partial charge in [0.15, 0.2) is 5.78 Å². The van der Waals surface area contributed by atoms with Crippen LogP contribution in [0.1, 0.15) is 29.0 Å². The number of fused-ring (bicyclic) bond motifs is 1. The minimum atomic E-state index is -0.575. The van der Waals surface area contributed by atoms with Crippen LogP contribution in [-0.4, -0.2) is 20.1 Å². The van der Waals surface area contributed by atoms with Gasteiger partial charge in [0.25, 0.3) is 0 Å². The zero-order valence-corrected chi connectivity index (χ0v) is 10.9. The molecule has 2 heterocycles. The first-order valence-corrected chi connectivity index (χ1v) is 6.61. The van der Waals surface area contributed by atoms with Gasteiger partial charge in [0.2, 0.25) is 0 Å². The van der Waals surface area contributed by atoms with E-state index in [2.05, 4.69) is 5.10 Å². The van der Waals surface area contributed by atoms with E-state index in [1.54, 1.807) is 10.6 Å². The molecule has 2 aromatic rings. The topological polar surface area (TPSA) is 56.9 Å². The van der Waals surface area contributed by atoms with Crippen molar-refractivity contribution >= 4 is 5.78 Å². The lowest BCUT2D eigenvalue weighted by atomic mass is 10.1. The van der Waals surface area contributed by atoms with Gasteiger partial charge in [-0.15, -0.1) is 0 Å². The Morgan fingerprint density at radius 2 is 2.10 bits per heavy atom. The number of benzene rings is 1. The van der Waals surface area contributed by atoms with Gasteiger partial charge in [-0.25, -0.2) is 13.9 Å². The number of ketones is 1. The zero-order chi connectivity index (χ0) is 14.1. The van der Waals surface area contributed by atoms with Crippen LogP contribution in [0.2, 0.25) is 0 Å². The molecule has 1 aliphatic heterocycles. The van der Waals surface area contributed by atoms with Crippen molar-refractivity contribution in [1.29, 1.82) is 0 Å². The summed E-state index contributed by atoms with van der Waals surface area (Å²) in [7, 11) is 0. The molecule has 6 heteroatoms. The number of hydrogen-bond donors (Lipinski definition) is 0. The van der Waals surface area contributed by atoms with E-state index in [9.17, 15) is 14.0 Å². The Morgan fingerprint density at radius 1 is 1.30 bits per heavy atom. The van der Waals surface area contributed by atoms with Crippen LogP contribution in [-0.2, 0) is 19.5 Å². The number of aromatic nitrogens is 3. The molecule has 0 radical (unpaired) electrons. The third kappa shape index (κ3) is 2.17. The van der Waals surface area contributed by atoms with Crippen molar-refractivity contribution in [3.63, 3.8) is 0 Å². The lowest BCUT2D eigenvalue weighted by Gasteiger charge is -2.09. The third-order valence-corrected chi connectivity index (χ3v) is 3.50. The fourth-order valence-electron chi connectivity index (χ4n) is 2.46. The number of nitrogens with zero attached hydrogens (tertiary/aromatic N) is 3. The smallest absolute Gasteiger partial charge is 0.292 e. The quantitative estimate of drug-likeness (QED) is 0.796. The SMILES string of the molecule is O=C(Cn1nc2n(c1=O)CCCC2)c1ccccc1F. The highest BCUT2D eigenvalue weighted by atomic mass is 19.1. The summed E-state index contributed by atoms with van der Waals surface area (Å²) in [6.45, 7) is 0.418. The van der Waals surface area contributed by atoms with Crippen molar-refractivity contribution in [1.82, 2.24) is 14.3 Å². The predicted octanol–water partition coefficient (Wildman–Crippen LogP) is 1.40. The van der Waals surface area contributed by atoms with Gasteiger partial charge < -0.3 is 0 Å². The predicted molar refractivity (Wildman–Crippen MR) is 70.2 cm³/mol. The highest BCUT2D eigenvalue weighted by Gasteiger charge is 2.19. The van der Waals surface area contributed by atoms with Crippen molar-refractivity contribution in [3.8, 4) is 0 Å². The van der Waals surface area contributed by atoms with Gasteiger partial charge in [0.1, 0.15) is 18.2 Å². The zero-order valence-electron chi connectivity index (χ0n) is 10.9. The fraction of sp³-hybridized carbons (Fsp3) is 0.357. The number of carbonyl (C=O) groups is 1. The van der Waals surface area contributed by atoms with Gasteiger partial charge in [-0.2, -0.15) is 5.10 Å². The van der Waals surface area contributed by atoms with E-state index >= 15 is 0 Å². The van der Waals surface area contributed by atoms with Crippen molar-refractivity contribution in [2.24, 2.45) is 0 Å². The molecule has 1 aromatic heterocycles. The van der Waals surface area contributed by atoms with Crippen LogP contribution in [0.4, 0.5) is 4.39 Å². The Bertz CT molecular complexity index is 717. The second-order valence-electron chi connectivity index (χ2n) is 4.87. The van der Waals surface area contributed by atoms with Gasteiger partial charge in [0, 0.05) is 13.0 Å². The average molecular weight is 275 g/mol. The second-order valence-corrected chi connectivity index (χ2v) is 4.87. The molecule has 0 atom stereocenters. The maximum absolute atomic E-state index is 13.5. The lowest BCUT2D eigenvalue weighted by Crippen LogP contribution is -2.29. The monoisotopic (exact) mass is 275 g/mol. The second kappa shape index (κ2) is 5.03. The molecule has 0 spiro atoms. The summed E-state index contributed by atoms with van der Waals surface area (Å²) in [6, 6.07) is 5.76. The van der Waals surface area contributed by atoms with E-state index < -0.39 is 11.6 Å². The number of hydrogen-bond acceptors (Lipinski definition) is 3. The summed E-state index contributed by atoms with van der Waals surface area (Å²) in [6.07, 6.45) is 2.69. The van der Waals surface area contributed by atoms with Gasteiger partial charge in [0.05, 0.1) is 5.56 Å². The molecular formula is C14H14FN3O2. The minimum absolute atomic E-state index is 0.00891. The summed E-state index contributed by atoms with van der Waals surface area (Å²) in [5, 5.41) is 4.17. The van der Waals surface area contributed by atoms with E-state index in [-0.39, 0.29) is 17.8 Å². The van der Waals surface area contributed by atoms with E-state index in [1.807, 2.05) is 0 Å². The van der Waals surface area contributed by atoms with Gasteiger partial charge in [-0.05, 0) is 25.0 Å². The molecule has 0 saturated carbocycles. The summed E-state index contributed by atoms with van der Waals surface area (Å²) in [5.74, 6) is -0.308. The molecule has 0 unspecified atom stereocenters. The van der Waals surface area contributed by atoms with Crippen LogP contribution in [0.25, 0.3) is 0 Å². The summed E-state index contributed by atoms with van der Waals surface area (Å²) in [5.41, 5.74) is -0.297. The Balaban J connectivity index is 1.89. The van der Waals surface area contributed by atoms with Gasteiger partial charge in [-0.3, -0.25) is 9.36 Å². The molecule has 20 heavy (non-hydrogen) atoms. The Hall–Kier alpha value is -2.24. The molecule has 0 N–H and O–H groups in total. The highest BCUT2D eigenvalue weighted by molar-refractivity contribution is 5.96. The number of halogens is 1. The fourth-order valence-corrected chi connectivity index (χ4v) is 2.46. The molecule has 0 aliphatic carbocycles. The summed E-state index contributed by atoms with van der Waals surface area (Å²) >= 11 is 0. The molecule has 0 fully saturated rings. The molecule has 0 bridgehead atoms. The molecule has 104 valence electrons. The molecule has 3 rings (SSSR count). The standard InChI is InChI=1S/C14H14FN3O2/c15-11-6-2-1-5-10(11)12(19)9-18-14(20)17-8-4-3-7-13(17)16-18/h1-2,5-6H,3-4,7-9H2. The average Bonchev–Trinajstić information content (AvgIpc) is 2.76. The third-order valence-electron chi connectivity index (χ3n) is 3.50. The Kier molecular flexibility index (Phi) is 3.22. The van der Waals surface area contributed by atoms with E-state index in [0.717, 1.165) is 23.9 Å².